The highest BCUT2D eigenvalue weighted by atomic mass is 35.5. The van der Waals surface area contributed by atoms with Gasteiger partial charge in [-0.15, -0.1) is 0 Å². The Balaban J connectivity index is 3.40. The molecule has 1 unspecified atom stereocenters. The highest BCUT2D eigenvalue weighted by Crippen LogP contribution is 2.24. The molecule has 0 fully saturated rings. The van der Waals surface area contributed by atoms with Gasteiger partial charge < -0.3 is 10.8 Å². The average Bonchev–Trinajstić information content (AvgIpc) is 2.14. The predicted molar refractivity (Wildman–Crippen MR) is 58.6 cm³/mol. The molecule has 0 heterocycles. The van der Waals surface area contributed by atoms with Gasteiger partial charge in [0.15, 0.2) is 9.84 Å². The molecule has 0 saturated carbocycles. The zero-order chi connectivity index (χ0) is 11.6. The second-order valence-electron chi connectivity index (χ2n) is 3.24. The van der Waals surface area contributed by atoms with E-state index < -0.39 is 15.9 Å². The first-order valence-corrected chi connectivity index (χ1v) is 6.49. The fraction of sp³-hybridized carbons (Fsp3) is 0.333. The van der Waals surface area contributed by atoms with Crippen LogP contribution in [-0.2, 0) is 9.84 Å². The largest absolute Gasteiger partial charge is 0.394 e. The quantitative estimate of drug-likeness (QED) is 0.828. The summed E-state index contributed by atoms with van der Waals surface area (Å²) in [6, 6.07) is 3.58. The summed E-state index contributed by atoms with van der Waals surface area (Å²) in [5, 5.41) is 9.30. The molecule has 0 radical (unpaired) electrons. The maximum absolute atomic E-state index is 11.4. The second-order valence-corrected chi connectivity index (χ2v) is 5.66. The molecular weight excluding hydrogens is 238 g/mol. The van der Waals surface area contributed by atoms with Gasteiger partial charge in [0.05, 0.1) is 17.5 Å². The van der Waals surface area contributed by atoms with Gasteiger partial charge in [0, 0.05) is 11.3 Å². The predicted octanol–water partition coefficient (Wildman–Crippen LogP) is 0.736. The van der Waals surface area contributed by atoms with Crippen LogP contribution in [0.3, 0.4) is 0 Å². The minimum absolute atomic E-state index is 0.105. The molecule has 0 aromatic heterocycles. The number of rotatable bonds is 3. The Bertz CT molecular complexity index is 458. The number of sulfone groups is 1. The van der Waals surface area contributed by atoms with Crippen LogP contribution in [-0.4, -0.2) is 26.4 Å². The molecule has 0 bridgehead atoms. The summed E-state index contributed by atoms with van der Waals surface area (Å²) in [5.74, 6) is 0. The fourth-order valence-corrected chi connectivity index (χ4v) is 2.38. The van der Waals surface area contributed by atoms with Gasteiger partial charge in [0.25, 0.3) is 0 Å². The molecule has 0 aliphatic heterocycles. The van der Waals surface area contributed by atoms with Gasteiger partial charge in [-0.1, -0.05) is 11.6 Å². The molecule has 6 heteroatoms. The van der Waals surface area contributed by atoms with Crippen molar-refractivity contribution in [1.29, 1.82) is 0 Å². The number of hydrogen-bond donors (Lipinski definition) is 2. The van der Waals surface area contributed by atoms with Gasteiger partial charge in [0.2, 0.25) is 0 Å². The van der Waals surface area contributed by atoms with E-state index in [1.54, 1.807) is 0 Å². The third kappa shape index (κ3) is 2.92. The van der Waals surface area contributed by atoms with E-state index in [0.717, 1.165) is 6.26 Å². The van der Waals surface area contributed by atoms with E-state index in [1.807, 2.05) is 0 Å². The van der Waals surface area contributed by atoms with E-state index in [-0.39, 0.29) is 11.5 Å². The van der Waals surface area contributed by atoms with Gasteiger partial charge in [-0.3, -0.25) is 0 Å². The lowest BCUT2D eigenvalue weighted by Crippen LogP contribution is -2.18. The van der Waals surface area contributed by atoms with Gasteiger partial charge in [-0.05, 0) is 23.8 Å². The van der Waals surface area contributed by atoms with Crippen LogP contribution in [0.25, 0.3) is 0 Å². The number of halogens is 1. The Morgan fingerprint density at radius 2 is 2.13 bits per heavy atom. The highest BCUT2D eigenvalue weighted by molar-refractivity contribution is 7.90. The van der Waals surface area contributed by atoms with Crippen LogP contribution in [0.2, 0.25) is 5.02 Å². The van der Waals surface area contributed by atoms with Gasteiger partial charge >= 0.3 is 0 Å². The lowest BCUT2D eigenvalue weighted by atomic mass is 10.1. The first-order valence-electron chi connectivity index (χ1n) is 4.22. The molecule has 1 atom stereocenters. The average molecular weight is 250 g/mol. The summed E-state index contributed by atoms with van der Waals surface area (Å²) in [5.41, 5.74) is 5.93. The number of hydrogen-bond acceptors (Lipinski definition) is 4. The third-order valence-corrected chi connectivity index (χ3v) is 3.37. The van der Waals surface area contributed by atoms with Crippen LogP contribution < -0.4 is 5.73 Å². The van der Waals surface area contributed by atoms with Crippen molar-refractivity contribution in [3.05, 3.63) is 28.8 Å². The van der Waals surface area contributed by atoms with E-state index in [4.69, 9.17) is 22.4 Å². The molecular formula is C9H12ClNO3S. The highest BCUT2D eigenvalue weighted by Gasteiger charge is 2.17. The van der Waals surface area contributed by atoms with Crippen molar-refractivity contribution in [1.82, 2.24) is 0 Å². The van der Waals surface area contributed by atoms with Crippen molar-refractivity contribution >= 4 is 21.4 Å². The summed E-state index contributed by atoms with van der Waals surface area (Å²) < 4.78 is 22.8. The molecule has 0 saturated heterocycles. The van der Waals surface area contributed by atoms with Crippen molar-refractivity contribution in [2.45, 2.75) is 10.9 Å². The van der Waals surface area contributed by atoms with Crippen LogP contribution in [0.4, 0.5) is 0 Å². The van der Waals surface area contributed by atoms with Gasteiger partial charge in [-0.2, -0.15) is 0 Å². The van der Waals surface area contributed by atoms with Gasteiger partial charge in [-0.25, -0.2) is 8.42 Å². The molecule has 1 aromatic carbocycles. The molecule has 0 aliphatic rings. The first kappa shape index (κ1) is 12.4. The monoisotopic (exact) mass is 249 g/mol. The molecule has 0 aliphatic carbocycles. The van der Waals surface area contributed by atoms with E-state index in [0.29, 0.717) is 10.6 Å². The number of benzene rings is 1. The summed E-state index contributed by atoms with van der Waals surface area (Å²) in [6.07, 6.45) is 1.09. The number of aliphatic hydroxyl groups is 1. The standard InChI is InChI=1S/C9H12ClNO3S/c1-15(13,14)9-3-2-6(10)4-7(9)8(11)5-12/h2-4,8,12H,5,11H2,1H3. The molecule has 0 spiro atoms. The van der Waals surface area contributed by atoms with Crippen LogP contribution in [0.15, 0.2) is 23.1 Å². The zero-order valence-electron chi connectivity index (χ0n) is 8.14. The van der Waals surface area contributed by atoms with Crippen LogP contribution in [0.5, 0.6) is 0 Å². The van der Waals surface area contributed by atoms with Gasteiger partial charge in [0.1, 0.15) is 0 Å². The Hall–Kier alpha value is -0.620. The van der Waals surface area contributed by atoms with Crippen molar-refractivity contribution in [3.63, 3.8) is 0 Å². The van der Waals surface area contributed by atoms with E-state index in [9.17, 15) is 8.42 Å². The topological polar surface area (TPSA) is 80.4 Å². The smallest absolute Gasteiger partial charge is 0.175 e. The van der Waals surface area contributed by atoms with Crippen LogP contribution in [0.1, 0.15) is 11.6 Å². The van der Waals surface area contributed by atoms with Crippen molar-refractivity contribution < 1.29 is 13.5 Å². The first-order chi connectivity index (χ1) is 6.86. The van der Waals surface area contributed by atoms with E-state index in [1.165, 1.54) is 18.2 Å². The molecule has 15 heavy (non-hydrogen) atoms. The fourth-order valence-electron chi connectivity index (χ4n) is 1.25. The molecule has 3 N–H and O–H groups in total. The molecule has 1 aromatic rings. The minimum atomic E-state index is -3.36. The van der Waals surface area contributed by atoms with Crippen molar-refractivity contribution in [2.75, 3.05) is 12.9 Å². The summed E-state index contributed by atoms with van der Waals surface area (Å²) in [7, 11) is -3.36. The maximum atomic E-state index is 11.4. The minimum Gasteiger partial charge on any atom is -0.394 e. The van der Waals surface area contributed by atoms with E-state index in [2.05, 4.69) is 0 Å². The summed E-state index contributed by atoms with van der Waals surface area (Å²) in [6.45, 7) is -0.330. The lowest BCUT2D eigenvalue weighted by molar-refractivity contribution is 0.266. The molecule has 0 amide bonds. The lowest BCUT2D eigenvalue weighted by Gasteiger charge is -2.13. The molecule has 84 valence electrons. The molecule has 4 nitrogen and oxygen atoms in total. The summed E-state index contributed by atoms with van der Waals surface area (Å²) >= 11 is 5.74. The summed E-state index contributed by atoms with van der Waals surface area (Å²) in [4.78, 5) is 0.105. The SMILES string of the molecule is CS(=O)(=O)c1ccc(Cl)cc1C(N)CO. The molecule has 1 rings (SSSR count). The Morgan fingerprint density at radius 1 is 1.53 bits per heavy atom. The number of aliphatic hydroxyl groups excluding tert-OH is 1. The van der Waals surface area contributed by atoms with Crippen molar-refractivity contribution in [3.8, 4) is 0 Å². The van der Waals surface area contributed by atoms with E-state index >= 15 is 0 Å². The Labute approximate surface area is 93.6 Å². The second kappa shape index (κ2) is 4.49. The Kier molecular flexibility index (Phi) is 3.72. The third-order valence-electron chi connectivity index (χ3n) is 1.97. The normalized spacial score (nSPS) is 13.9. The number of nitrogens with two attached hydrogens (primary N) is 1. The van der Waals surface area contributed by atoms with Crippen LogP contribution in [0, 0.1) is 0 Å². The van der Waals surface area contributed by atoms with Crippen LogP contribution >= 0.6 is 11.6 Å². The zero-order valence-corrected chi connectivity index (χ0v) is 9.72. The maximum Gasteiger partial charge on any atom is 0.175 e. The van der Waals surface area contributed by atoms with Crippen molar-refractivity contribution in [2.24, 2.45) is 5.73 Å². The Morgan fingerprint density at radius 3 is 2.60 bits per heavy atom.